The lowest BCUT2D eigenvalue weighted by Crippen LogP contribution is -2.43. The van der Waals surface area contributed by atoms with Crippen molar-refractivity contribution >= 4 is 9.84 Å². The molecule has 0 spiro atoms. The summed E-state index contributed by atoms with van der Waals surface area (Å²) in [5.74, 6) is 0.244. The number of rotatable bonds is 10. The van der Waals surface area contributed by atoms with Gasteiger partial charge in [-0.2, -0.15) is 0 Å². The quantitative estimate of drug-likeness (QED) is 0.656. The van der Waals surface area contributed by atoms with Gasteiger partial charge >= 0.3 is 0 Å². The van der Waals surface area contributed by atoms with Crippen molar-refractivity contribution in [2.75, 3.05) is 45.2 Å². The highest BCUT2D eigenvalue weighted by Gasteiger charge is 2.27. The summed E-state index contributed by atoms with van der Waals surface area (Å²) >= 11 is 0. The van der Waals surface area contributed by atoms with Crippen LogP contribution in [0, 0.1) is 5.41 Å². The van der Waals surface area contributed by atoms with Crippen LogP contribution in [0.2, 0.25) is 0 Å². The van der Waals surface area contributed by atoms with Crippen molar-refractivity contribution in [3.63, 3.8) is 0 Å². The molecule has 5 heteroatoms. The fourth-order valence-electron chi connectivity index (χ4n) is 2.14. The number of hydrogen-bond donors (Lipinski definition) is 1. The fourth-order valence-corrected chi connectivity index (χ4v) is 2.79. The lowest BCUT2D eigenvalue weighted by Gasteiger charge is -2.36. The van der Waals surface area contributed by atoms with E-state index in [2.05, 4.69) is 31.0 Å². The second-order valence-corrected chi connectivity index (χ2v) is 7.61. The van der Waals surface area contributed by atoms with Crippen LogP contribution in [-0.4, -0.2) is 58.6 Å². The molecular formula is C13H30N2O2S. The Morgan fingerprint density at radius 3 is 2.11 bits per heavy atom. The van der Waals surface area contributed by atoms with E-state index in [-0.39, 0.29) is 11.2 Å². The standard InChI is InChI=1S/C13H30N2O2S/c1-6-13(7-2,11-14-8-3)12-15(4)9-10-18(5,16)17/h14H,6-12H2,1-5H3. The minimum atomic E-state index is -2.86. The van der Waals surface area contributed by atoms with E-state index in [1.54, 1.807) is 0 Å². The molecule has 0 aromatic carbocycles. The summed E-state index contributed by atoms with van der Waals surface area (Å²) in [6.45, 7) is 10.1. The molecule has 0 aromatic heterocycles. The lowest BCUT2D eigenvalue weighted by molar-refractivity contribution is 0.161. The van der Waals surface area contributed by atoms with Gasteiger partial charge in [0.15, 0.2) is 0 Å². The van der Waals surface area contributed by atoms with Gasteiger partial charge < -0.3 is 10.2 Å². The van der Waals surface area contributed by atoms with Crippen LogP contribution in [0.15, 0.2) is 0 Å². The zero-order valence-corrected chi connectivity index (χ0v) is 13.4. The average molecular weight is 278 g/mol. The number of nitrogens with one attached hydrogen (secondary N) is 1. The van der Waals surface area contributed by atoms with E-state index >= 15 is 0 Å². The molecule has 1 N–H and O–H groups in total. The maximum atomic E-state index is 11.2. The zero-order chi connectivity index (χ0) is 14.2. The minimum Gasteiger partial charge on any atom is -0.316 e. The largest absolute Gasteiger partial charge is 0.316 e. The van der Waals surface area contributed by atoms with Crippen molar-refractivity contribution in [1.82, 2.24) is 10.2 Å². The summed E-state index contributed by atoms with van der Waals surface area (Å²) in [5, 5.41) is 3.42. The molecule has 0 rings (SSSR count). The van der Waals surface area contributed by atoms with Crippen LogP contribution < -0.4 is 5.32 Å². The van der Waals surface area contributed by atoms with Crippen LogP contribution in [0.3, 0.4) is 0 Å². The molecule has 110 valence electrons. The normalized spacial score (nSPS) is 13.2. The Morgan fingerprint density at radius 2 is 1.72 bits per heavy atom. The lowest BCUT2D eigenvalue weighted by atomic mass is 9.81. The summed E-state index contributed by atoms with van der Waals surface area (Å²) in [6, 6.07) is 0. The predicted molar refractivity (Wildman–Crippen MR) is 78.8 cm³/mol. The van der Waals surface area contributed by atoms with Crippen molar-refractivity contribution < 1.29 is 8.42 Å². The van der Waals surface area contributed by atoms with E-state index in [1.165, 1.54) is 6.26 Å². The summed E-state index contributed by atoms with van der Waals surface area (Å²) in [6.07, 6.45) is 3.52. The van der Waals surface area contributed by atoms with Crippen LogP contribution in [0.4, 0.5) is 0 Å². The first-order chi connectivity index (χ1) is 8.28. The third kappa shape index (κ3) is 7.34. The van der Waals surface area contributed by atoms with Crippen LogP contribution in [0.25, 0.3) is 0 Å². The summed E-state index contributed by atoms with van der Waals surface area (Å²) in [5.41, 5.74) is 0.252. The first kappa shape index (κ1) is 17.9. The number of nitrogens with zero attached hydrogens (tertiary/aromatic N) is 1. The van der Waals surface area contributed by atoms with Gasteiger partial charge in [0.25, 0.3) is 0 Å². The molecule has 0 fully saturated rings. The third-order valence-electron chi connectivity index (χ3n) is 3.70. The van der Waals surface area contributed by atoms with Crippen molar-refractivity contribution in [2.24, 2.45) is 5.41 Å². The van der Waals surface area contributed by atoms with E-state index in [0.29, 0.717) is 6.54 Å². The highest BCUT2D eigenvalue weighted by Crippen LogP contribution is 2.26. The Balaban J connectivity index is 4.39. The molecule has 0 aliphatic heterocycles. The Hall–Kier alpha value is -0.130. The monoisotopic (exact) mass is 278 g/mol. The Labute approximate surface area is 113 Å². The topological polar surface area (TPSA) is 49.4 Å². The molecule has 18 heavy (non-hydrogen) atoms. The van der Waals surface area contributed by atoms with E-state index in [9.17, 15) is 8.42 Å². The van der Waals surface area contributed by atoms with E-state index in [0.717, 1.165) is 32.5 Å². The van der Waals surface area contributed by atoms with Gasteiger partial charge in [0.2, 0.25) is 0 Å². The summed E-state index contributed by atoms with van der Waals surface area (Å²) < 4.78 is 22.3. The smallest absolute Gasteiger partial charge is 0.148 e. The molecule has 0 saturated heterocycles. The Bertz CT molecular complexity index is 311. The number of sulfone groups is 1. The van der Waals surface area contributed by atoms with Gasteiger partial charge in [-0.1, -0.05) is 20.8 Å². The minimum absolute atomic E-state index is 0.244. The molecule has 0 amide bonds. The molecule has 0 unspecified atom stereocenters. The summed E-state index contributed by atoms with van der Waals surface area (Å²) in [7, 11) is -0.851. The maximum absolute atomic E-state index is 11.2. The van der Waals surface area contributed by atoms with Crippen molar-refractivity contribution in [3.05, 3.63) is 0 Å². The van der Waals surface area contributed by atoms with E-state index in [4.69, 9.17) is 0 Å². The highest BCUT2D eigenvalue weighted by atomic mass is 32.2. The molecule has 4 nitrogen and oxygen atoms in total. The molecule has 0 aliphatic carbocycles. The Kier molecular flexibility index (Phi) is 8.06. The molecule has 0 radical (unpaired) electrons. The van der Waals surface area contributed by atoms with Crippen LogP contribution in [0.5, 0.6) is 0 Å². The SMILES string of the molecule is CCNCC(CC)(CC)CN(C)CCS(C)(=O)=O. The van der Waals surface area contributed by atoms with Crippen LogP contribution in [0.1, 0.15) is 33.6 Å². The van der Waals surface area contributed by atoms with E-state index < -0.39 is 9.84 Å². The molecule has 0 saturated carbocycles. The molecule has 0 bridgehead atoms. The van der Waals surface area contributed by atoms with Gasteiger partial charge in [-0.3, -0.25) is 0 Å². The van der Waals surface area contributed by atoms with Crippen molar-refractivity contribution in [1.29, 1.82) is 0 Å². The molecule has 0 aliphatic rings. The maximum Gasteiger partial charge on any atom is 0.148 e. The number of hydrogen-bond acceptors (Lipinski definition) is 4. The van der Waals surface area contributed by atoms with Crippen LogP contribution >= 0.6 is 0 Å². The van der Waals surface area contributed by atoms with Gasteiger partial charge in [-0.15, -0.1) is 0 Å². The second-order valence-electron chi connectivity index (χ2n) is 5.36. The molecule has 0 atom stereocenters. The molecular weight excluding hydrogens is 248 g/mol. The van der Waals surface area contributed by atoms with Crippen molar-refractivity contribution in [2.45, 2.75) is 33.6 Å². The van der Waals surface area contributed by atoms with Gasteiger partial charge in [0, 0.05) is 25.9 Å². The first-order valence-corrected chi connectivity index (χ1v) is 8.91. The summed E-state index contributed by atoms with van der Waals surface area (Å²) in [4.78, 5) is 2.14. The van der Waals surface area contributed by atoms with Gasteiger partial charge in [0.05, 0.1) is 5.75 Å². The van der Waals surface area contributed by atoms with Gasteiger partial charge in [0.1, 0.15) is 9.84 Å². The van der Waals surface area contributed by atoms with E-state index in [1.807, 2.05) is 7.05 Å². The molecule has 0 aromatic rings. The Morgan fingerprint density at radius 1 is 1.17 bits per heavy atom. The highest BCUT2D eigenvalue weighted by molar-refractivity contribution is 7.90. The first-order valence-electron chi connectivity index (χ1n) is 6.85. The van der Waals surface area contributed by atoms with Gasteiger partial charge in [-0.05, 0) is 31.8 Å². The molecule has 0 heterocycles. The van der Waals surface area contributed by atoms with Crippen LogP contribution in [-0.2, 0) is 9.84 Å². The third-order valence-corrected chi connectivity index (χ3v) is 4.62. The fraction of sp³-hybridized carbons (Fsp3) is 1.00. The van der Waals surface area contributed by atoms with Crippen molar-refractivity contribution in [3.8, 4) is 0 Å². The zero-order valence-electron chi connectivity index (χ0n) is 12.6. The predicted octanol–water partition coefficient (Wildman–Crippen LogP) is 1.38. The average Bonchev–Trinajstić information content (AvgIpc) is 2.31. The van der Waals surface area contributed by atoms with Gasteiger partial charge in [-0.25, -0.2) is 8.42 Å². The second kappa shape index (κ2) is 8.12.